The predicted octanol–water partition coefficient (Wildman–Crippen LogP) is 29.7. The van der Waals surface area contributed by atoms with Crippen molar-refractivity contribution in [2.24, 2.45) is 0 Å². The zero-order valence-electron chi connectivity index (χ0n) is 64.2. The topological polar surface area (TPSA) is 80.9 Å². The molecule has 0 atom stereocenters. The van der Waals surface area contributed by atoms with Crippen molar-refractivity contribution in [1.29, 1.82) is 0 Å². The van der Waals surface area contributed by atoms with Gasteiger partial charge in [0, 0.05) is 22.4 Å². The molecule has 0 fully saturated rings. The SMILES string of the molecule is Brc1ccc2cc(Br)ccc2c1.Brc1cccc(-c2ccc3cc(Br)ccc3c2)c1.OB(O)c1c2ccccc2c(-c2ccccc2)c2ccccc12.OB(O)c1cccc(Br)c1.c1ccc(-c2c3ccccc3c(-c3cccc(-c4ccc5cc(-c6c7ccccc7c(-c7ccccc7)c7ccccc67)ccc5c4)c3)c3ccccc23)cc1. The van der Waals surface area contributed by atoms with E-state index in [-0.39, 0.29) is 0 Å². The van der Waals surface area contributed by atoms with E-state index in [9.17, 15) is 10.0 Å². The quantitative estimate of drug-likeness (QED) is 0.0858. The Balaban J connectivity index is 0.000000130. The molecule has 0 unspecified atom stereocenters. The number of hydrogen-bond donors (Lipinski definition) is 4. The molecule has 4 nitrogen and oxygen atoms in total. The van der Waals surface area contributed by atoms with E-state index in [1.807, 2.05) is 78.9 Å². The molecule has 570 valence electrons. The Morgan fingerprint density at radius 2 is 0.378 bits per heavy atom. The number of hydrogen-bond acceptors (Lipinski definition) is 4. The van der Waals surface area contributed by atoms with Crippen molar-refractivity contribution in [1.82, 2.24) is 0 Å². The molecule has 21 aromatic carbocycles. The molecule has 0 saturated carbocycles. The van der Waals surface area contributed by atoms with Crippen molar-refractivity contribution in [2.75, 3.05) is 0 Å². The fraction of sp³-hybridized carbons (Fsp3) is 0. The van der Waals surface area contributed by atoms with Gasteiger partial charge in [-0.15, -0.1) is 0 Å². The number of benzene rings is 21. The molecule has 11 heteroatoms. The normalized spacial score (nSPS) is 11.1. The van der Waals surface area contributed by atoms with Crippen LogP contribution >= 0.6 is 79.6 Å². The molecule has 0 bridgehead atoms. The van der Waals surface area contributed by atoms with Gasteiger partial charge >= 0.3 is 14.2 Å². The Labute approximate surface area is 734 Å². The van der Waals surface area contributed by atoms with Crippen LogP contribution in [0.1, 0.15) is 0 Å². The maximum atomic E-state index is 9.94. The zero-order chi connectivity index (χ0) is 81.5. The average molecular weight is 1860 g/mol. The molecule has 0 amide bonds. The van der Waals surface area contributed by atoms with Crippen molar-refractivity contribution in [3.63, 3.8) is 0 Å². The van der Waals surface area contributed by atoms with Gasteiger partial charge in [-0.1, -0.05) is 413 Å². The fourth-order valence-electron chi connectivity index (χ4n) is 16.4. The highest BCUT2D eigenvalue weighted by molar-refractivity contribution is 9.11. The van der Waals surface area contributed by atoms with Crippen molar-refractivity contribution in [3.05, 3.63) is 441 Å². The molecule has 0 aliphatic heterocycles. The Hall–Kier alpha value is -11.7. The minimum atomic E-state index is -1.50. The van der Waals surface area contributed by atoms with Crippen molar-refractivity contribution >= 4 is 202 Å². The summed E-state index contributed by atoms with van der Waals surface area (Å²) in [7, 11) is -2.88. The van der Waals surface area contributed by atoms with E-state index < -0.39 is 14.2 Å². The molecule has 0 aliphatic carbocycles. The summed E-state index contributed by atoms with van der Waals surface area (Å²) in [6.45, 7) is 0. The molecular weight excluding hydrogens is 1780 g/mol. The third kappa shape index (κ3) is 17.3. The first kappa shape index (κ1) is 79.8. The largest absolute Gasteiger partial charge is 0.489 e. The first-order valence-corrected chi connectivity index (χ1v) is 43.1. The number of rotatable bonds is 9. The Morgan fingerprint density at radius 1 is 0.151 bits per heavy atom. The molecule has 21 rings (SSSR count). The second-order valence-corrected chi connectivity index (χ2v) is 33.8. The predicted molar refractivity (Wildman–Crippen MR) is 526 cm³/mol. The molecule has 0 saturated heterocycles. The lowest BCUT2D eigenvalue weighted by molar-refractivity contribution is 0.425. The maximum absolute atomic E-state index is 9.94. The van der Waals surface area contributed by atoms with Gasteiger partial charge in [-0.25, -0.2) is 0 Å². The van der Waals surface area contributed by atoms with Crippen LogP contribution in [0.2, 0.25) is 0 Å². The Morgan fingerprint density at radius 3 is 0.706 bits per heavy atom. The Kier molecular flexibility index (Phi) is 24.3. The van der Waals surface area contributed by atoms with Crippen molar-refractivity contribution in [2.45, 2.75) is 0 Å². The summed E-state index contributed by atoms with van der Waals surface area (Å²) in [5.41, 5.74) is 18.3. The van der Waals surface area contributed by atoms with Crippen LogP contribution in [0.15, 0.2) is 441 Å². The summed E-state index contributed by atoms with van der Waals surface area (Å²) in [4.78, 5) is 0. The minimum absolute atomic E-state index is 0.495. The van der Waals surface area contributed by atoms with Gasteiger partial charge in [0.25, 0.3) is 0 Å². The molecule has 0 aromatic heterocycles. The highest BCUT2D eigenvalue weighted by atomic mass is 79.9. The summed E-state index contributed by atoms with van der Waals surface area (Å²) >= 11 is 17.1. The van der Waals surface area contributed by atoms with Crippen LogP contribution in [-0.4, -0.2) is 34.3 Å². The van der Waals surface area contributed by atoms with E-state index in [0.29, 0.717) is 10.9 Å². The maximum Gasteiger partial charge on any atom is 0.489 e. The van der Waals surface area contributed by atoms with E-state index in [1.54, 1.807) is 18.2 Å². The van der Waals surface area contributed by atoms with E-state index in [2.05, 4.69) is 401 Å². The van der Waals surface area contributed by atoms with Gasteiger partial charge in [0.15, 0.2) is 0 Å². The zero-order valence-corrected chi connectivity index (χ0v) is 72.1. The third-order valence-corrected chi connectivity index (χ3v) is 24.2. The van der Waals surface area contributed by atoms with Crippen LogP contribution < -0.4 is 10.9 Å². The van der Waals surface area contributed by atoms with Gasteiger partial charge < -0.3 is 20.1 Å². The monoisotopic (exact) mass is 1850 g/mol. The van der Waals surface area contributed by atoms with Crippen molar-refractivity contribution < 1.29 is 20.1 Å². The molecule has 0 aliphatic rings. The summed E-state index contributed by atoms with van der Waals surface area (Å²) in [6.07, 6.45) is 0. The highest BCUT2D eigenvalue weighted by Crippen LogP contribution is 2.47. The first-order chi connectivity index (χ1) is 58.2. The molecule has 21 aromatic rings. The molecule has 119 heavy (non-hydrogen) atoms. The van der Waals surface area contributed by atoms with Crippen LogP contribution in [0.25, 0.3) is 175 Å². The number of fused-ring (bicyclic) bond motifs is 9. The summed E-state index contributed by atoms with van der Waals surface area (Å²) in [5, 5.41) is 58.7. The van der Waals surface area contributed by atoms with Crippen LogP contribution in [0.5, 0.6) is 0 Å². The fourth-order valence-corrected chi connectivity index (χ4v) is 18.4. The number of halogens is 5. The van der Waals surface area contributed by atoms with E-state index in [1.165, 1.54) is 142 Å². The minimum Gasteiger partial charge on any atom is -0.423 e. The smallest absolute Gasteiger partial charge is 0.423 e. The van der Waals surface area contributed by atoms with E-state index >= 15 is 0 Å². The van der Waals surface area contributed by atoms with E-state index in [4.69, 9.17) is 10.0 Å². The molecule has 0 spiro atoms. The Bertz CT molecular complexity index is 7120. The van der Waals surface area contributed by atoms with Gasteiger partial charge in [0.1, 0.15) is 0 Å². The molecular formula is C108H73B2Br5O4. The van der Waals surface area contributed by atoms with Gasteiger partial charge in [-0.2, -0.15) is 0 Å². The van der Waals surface area contributed by atoms with Gasteiger partial charge in [-0.3, -0.25) is 0 Å². The van der Waals surface area contributed by atoms with Gasteiger partial charge in [-0.05, 0) is 271 Å². The van der Waals surface area contributed by atoms with Crippen LogP contribution in [-0.2, 0) is 0 Å². The second kappa shape index (κ2) is 36.3. The van der Waals surface area contributed by atoms with Gasteiger partial charge in [0.05, 0.1) is 0 Å². The standard InChI is InChI=1S/C56H36.C20H15BO2.C16H10Br2.C10H6Br2.C6H6BBrO2/c1-3-16-37(17-4-1)53-45-22-7-11-26-49(45)55(50-27-12-8-23-46(50)53)43-21-15-20-39(35-43)40-30-31-42-36-44(33-32-41(42)34-40)56-51-28-13-9-24-47(51)54(38-18-5-2-6-19-38)48-25-10-14-29-52(48)56;22-21(23)20-17-12-6-4-10-15(17)19(14-8-2-1-3-9-14)16-11-5-7-13-18(16)20;17-15-3-1-2-11(9-15)12-4-5-14-10-16(18)7-6-13(14)8-12;11-9-3-1-7-5-10(12)4-2-8(7)6-9;8-6-3-1-2-5(4-6)7(9)10/h1-36H;1-13,22-23H;1-10H;1-6H;1-4,9-10H. The highest BCUT2D eigenvalue weighted by Gasteiger charge is 2.24. The molecule has 0 heterocycles. The average Bonchev–Trinajstić information content (AvgIpc) is 0.742. The third-order valence-electron chi connectivity index (χ3n) is 21.8. The lowest BCUT2D eigenvalue weighted by atomic mass is 9.72. The van der Waals surface area contributed by atoms with Gasteiger partial charge in [0.2, 0.25) is 0 Å². The summed E-state index contributed by atoms with van der Waals surface area (Å²) in [6, 6.07) is 147. The molecule has 0 radical (unpaired) electrons. The second-order valence-electron chi connectivity index (χ2n) is 29.2. The molecule has 4 N–H and O–H groups in total. The summed E-state index contributed by atoms with van der Waals surface area (Å²) in [5.74, 6) is 0. The first-order valence-electron chi connectivity index (χ1n) is 39.1. The lowest BCUT2D eigenvalue weighted by Gasteiger charge is -2.18. The van der Waals surface area contributed by atoms with Crippen LogP contribution in [0.4, 0.5) is 0 Å². The lowest BCUT2D eigenvalue weighted by Crippen LogP contribution is -2.31. The van der Waals surface area contributed by atoms with E-state index in [0.717, 1.165) is 55.0 Å². The van der Waals surface area contributed by atoms with Crippen molar-refractivity contribution in [3.8, 4) is 77.9 Å². The summed E-state index contributed by atoms with van der Waals surface area (Å²) < 4.78 is 5.31. The van der Waals surface area contributed by atoms with Crippen LogP contribution in [0.3, 0.4) is 0 Å². The van der Waals surface area contributed by atoms with Crippen LogP contribution in [0, 0.1) is 0 Å².